The van der Waals surface area contributed by atoms with Gasteiger partial charge in [0.25, 0.3) is 5.91 Å². The Balaban J connectivity index is 1.77. The van der Waals surface area contributed by atoms with Gasteiger partial charge in [0, 0.05) is 6.20 Å². The van der Waals surface area contributed by atoms with Crippen molar-refractivity contribution in [3.8, 4) is 5.75 Å². The molecule has 94 valence electrons. The van der Waals surface area contributed by atoms with Crippen molar-refractivity contribution in [2.75, 3.05) is 6.61 Å². The van der Waals surface area contributed by atoms with Crippen LogP contribution < -0.4 is 10.1 Å². The van der Waals surface area contributed by atoms with Crippen molar-refractivity contribution >= 4 is 5.91 Å². The molecule has 5 nitrogen and oxygen atoms in total. The second kappa shape index (κ2) is 5.81. The lowest BCUT2D eigenvalue weighted by Gasteiger charge is -2.07. The van der Waals surface area contributed by atoms with E-state index in [-0.39, 0.29) is 18.3 Å². The number of hydrogen-bond acceptors (Lipinski definition) is 3. The molecule has 6 heteroatoms. The predicted molar refractivity (Wildman–Crippen MR) is 62.3 cm³/mol. The van der Waals surface area contributed by atoms with Crippen LogP contribution in [0.25, 0.3) is 0 Å². The van der Waals surface area contributed by atoms with Gasteiger partial charge in [-0.25, -0.2) is 9.37 Å². The molecule has 1 aromatic heterocycles. The molecule has 0 saturated heterocycles. The molecule has 0 aliphatic heterocycles. The quantitative estimate of drug-likeness (QED) is 0.837. The molecule has 1 aromatic carbocycles. The minimum atomic E-state index is -0.487. The van der Waals surface area contributed by atoms with Gasteiger partial charge in [-0.15, -0.1) is 0 Å². The van der Waals surface area contributed by atoms with Gasteiger partial charge in [-0.05, 0) is 12.1 Å². The van der Waals surface area contributed by atoms with Crippen LogP contribution >= 0.6 is 0 Å². The molecule has 2 aromatic rings. The van der Waals surface area contributed by atoms with Crippen molar-refractivity contribution in [1.82, 2.24) is 15.3 Å². The van der Waals surface area contributed by atoms with Crippen molar-refractivity contribution in [1.29, 1.82) is 0 Å². The number of benzene rings is 1. The van der Waals surface area contributed by atoms with E-state index in [1.54, 1.807) is 18.3 Å². The second-order valence-electron chi connectivity index (χ2n) is 3.57. The monoisotopic (exact) mass is 249 g/mol. The van der Waals surface area contributed by atoms with E-state index in [0.29, 0.717) is 6.54 Å². The van der Waals surface area contributed by atoms with E-state index in [1.807, 2.05) is 0 Å². The summed E-state index contributed by atoms with van der Waals surface area (Å²) < 4.78 is 18.2. The van der Waals surface area contributed by atoms with Gasteiger partial charge >= 0.3 is 0 Å². The fraction of sp³-hybridized carbons (Fsp3) is 0.167. The first-order valence-corrected chi connectivity index (χ1v) is 5.37. The molecule has 0 saturated carbocycles. The molecule has 0 aliphatic carbocycles. The molecular formula is C12H12FN3O2. The largest absolute Gasteiger partial charge is 0.481 e. The molecule has 2 rings (SSSR count). The molecule has 0 unspecified atom stereocenters. The number of rotatable bonds is 5. The Morgan fingerprint density at radius 3 is 3.00 bits per heavy atom. The number of aromatic amines is 1. The van der Waals surface area contributed by atoms with Gasteiger partial charge in [-0.2, -0.15) is 0 Å². The highest BCUT2D eigenvalue weighted by molar-refractivity contribution is 5.77. The number of para-hydroxylation sites is 1. The third-order valence-corrected chi connectivity index (χ3v) is 2.23. The SMILES string of the molecule is O=C(COc1ccccc1F)NCc1cnc[nH]1. The molecule has 2 N–H and O–H groups in total. The van der Waals surface area contributed by atoms with Crippen LogP contribution in [0.3, 0.4) is 0 Å². The summed E-state index contributed by atoms with van der Waals surface area (Å²) in [6.07, 6.45) is 3.13. The Morgan fingerprint density at radius 1 is 1.44 bits per heavy atom. The fourth-order valence-corrected chi connectivity index (χ4v) is 1.33. The molecule has 18 heavy (non-hydrogen) atoms. The molecule has 0 bridgehead atoms. The van der Waals surface area contributed by atoms with Crippen LogP contribution in [0, 0.1) is 5.82 Å². The van der Waals surface area contributed by atoms with Crippen LogP contribution in [0.15, 0.2) is 36.8 Å². The molecular weight excluding hydrogens is 237 g/mol. The van der Waals surface area contributed by atoms with E-state index in [1.165, 1.54) is 18.5 Å². The zero-order chi connectivity index (χ0) is 12.8. The van der Waals surface area contributed by atoms with Crippen molar-refractivity contribution in [2.45, 2.75) is 6.54 Å². The van der Waals surface area contributed by atoms with Gasteiger partial charge in [-0.1, -0.05) is 12.1 Å². The highest BCUT2D eigenvalue weighted by atomic mass is 19.1. The number of aromatic nitrogens is 2. The van der Waals surface area contributed by atoms with Gasteiger partial charge in [-0.3, -0.25) is 4.79 Å². The summed E-state index contributed by atoms with van der Waals surface area (Å²) in [5, 5.41) is 2.62. The summed E-state index contributed by atoms with van der Waals surface area (Å²) in [5.41, 5.74) is 0.786. The van der Waals surface area contributed by atoms with E-state index >= 15 is 0 Å². The van der Waals surface area contributed by atoms with Crippen molar-refractivity contribution in [3.05, 3.63) is 48.3 Å². The number of carbonyl (C=O) groups excluding carboxylic acids is 1. The smallest absolute Gasteiger partial charge is 0.258 e. The Bertz CT molecular complexity index is 514. The first-order valence-electron chi connectivity index (χ1n) is 5.37. The summed E-state index contributed by atoms with van der Waals surface area (Å²) in [5.74, 6) is -0.749. The number of nitrogens with zero attached hydrogens (tertiary/aromatic N) is 1. The molecule has 1 amide bonds. The molecule has 0 radical (unpaired) electrons. The van der Waals surface area contributed by atoms with E-state index in [9.17, 15) is 9.18 Å². The Labute approximate surface area is 103 Å². The second-order valence-corrected chi connectivity index (χ2v) is 3.57. The van der Waals surface area contributed by atoms with Gasteiger partial charge in [0.2, 0.25) is 0 Å². The predicted octanol–water partition coefficient (Wildman–Crippen LogP) is 1.24. The van der Waals surface area contributed by atoms with Gasteiger partial charge < -0.3 is 15.0 Å². The Morgan fingerprint density at radius 2 is 2.28 bits per heavy atom. The van der Waals surface area contributed by atoms with Crippen molar-refractivity contribution < 1.29 is 13.9 Å². The molecule has 0 atom stereocenters. The number of imidazole rings is 1. The maximum atomic E-state index is 13.2. The fourth-order valence-electron chi connectivity index (χ4n) is 1.33. The summed E-state index contributed by atoms with van der Waals surface area (Å²) in [7, 11) is 0. The van der Waals surface area contributed by atoms with Crippen LogP contribution in [0.5, 0.6) is 5.75 Å². The Hall–Kier alpha value is -2.37. The van der Waals surface area contributed by atoms with Gasteiger partial charge in [0.1, 0.15) is 0 Å². The average molecular weight is 249 g/mol. The zero-order valence-corrected chi connectivity index (χ0v) is 9.52. The number of nitrogens with one attached hydrogen (secondary N) is 2. The first kappa shape index (κ1) is 12.1. The minimum absolute atomic E-state index is 0.0641. The highest BCUT2D eigenvalue weighted by Gasteiger charge is 2.06. The van der Waals surface area contributed by atoms with Crippen molar-refractivity contribution in [3.63, 3.8) is 0 Å². The lowest BCUT2D eigenvalue weighted by molar-refractivity contribution is -0.123. The van der Waals surface area contributed by atoms with Crippen molar-refractivity contribution in [2.24, 2.45) is 0 Å². The topological polar surface area (TPSA) is 67.0 Å². The van der Waals surface area contributed by atoms with Gasteiger partial charge in [0.05, 0.1) is 18.6 Å². The van der Waals surface area contributed by atoms with E-state index < -0.39 is 5.82 Å². The normalized spacial score (nSPS) is 10.1. The summed E-state index contributed by atoms with van der Waals surface area (Å²) in [6, 6.07) is 5.94. The van der Waals surface area contributed by atoms with Crippen LogP contribution in [-0.4, -0.2) is 22.5 Å². The lowest BCUT2D eigenvalue weighted by Crippen LogP contribution is -2.28. The Kier molecular flexibility index (Phi) is 3.90. The number of hydrogen-bond donors (Lipinski definition) is 2. The first-order chi connectivity index (χ1) is 8.75. The summed E-state index contributed by atoms with van der Waals surface area (Å²) in [6.45, 7) is 0.106. The minimum Gasteiger partial charge on any atom is -0.481 e. The third-order valence-electron chi connectivity index (χ3n) is 2.23. The molecule has 0 spiro atoms. The molecule has 1 heterocycles. The molecule has 0 aliphatic rings. The average Bonchev–Trinajstić information content (AvgIpc) is 2.88. The van der Waals surface area contributed by atoms with Crippen LogP contribution in [0.1, 0.15) is 5.69 Å². The number of halogens is 1. The number of carbonyl (C=O) groups is 1. The van der Waals surface area contributed by atoms with Crippen LogP contribution in [0.2, 0.25) is 0 Å². The highest BCUT2D eigenvalue weighted by Crippen LogP contribution is 2.14. The number of amides is 1. The lowest BCUT2D eigenvalue weighted by atomic mass is 10.3. The standard InChI is InChI=1S/C12H12FN3O2/c13-10-3-1-2-4-11(10)18-7-12(17)15-6-9-5-14-8-16-9/h1-5,8H,6-7H2,(H,14,16)(H,15,17). The maximum Gasteiger partial charge on any atom is 0.258 e. The van der Waals surface area contributed by atoms with Gasteiger partial charge in [0.15, 0.2) is 18.2 Å². The van der Waals surface area contributed by atoms with Crippen LogP contribution in [0.4, 0.5) is 4.39 Å². The maximum absolute atomic E-state index is 13.2. The number of ether oxygens (including phenoxy) is 1. The van der Waals surface area contributed by atoms with E-state index in [0.717, 1.165) is 5.69 Å². The molecule has 0 fully saturated rings. The zero-order valence-electron chi connectivity index (χ0n) is 9.52. The van der Waals surface area contributed by atoms with E-state index in [2.05, 4.69) is 15.3 Å². The third kappa shape index (κ3) is 3.31. The van der Waals surface area contributed by atoms with E-state index in [4.69, 9.17) is 4.74 Å². The summed E-state index contributed by atoms with van der Waals surface area (Å²) in [4.78, 5) is 18.1. The summed E-state index contributed by atoms with van der Waals surface area (Å²) >= 11 is 0. The van der Waals surface area contributed by atoms with Crippen LogP contribution in [-0.2, 0) is 11.3 Å². The number of H-pyrrole nitrogens is 1.